The summed E-state index contributed by atoms with van der Waals surface area (Å²) in [6.45, 7) is 8.21. The standard InChI is InChI=1S/C16H20ClN3S/c1-11-16(21-12(2)19-11)10-20-7-6-18-9-15(20)13-4-3-5-14(17)8-13/h3-5,8,15,18H,6-7,9-10H2,1-2H3. The van der Waals surface area contributed by atoms with Gasteiger partial charge in [0.2, 0.25) is 0 Å². The van der Waals surface area contributed by atoms with Crippen LogP contribution in [0.5, 0.6) is 0 Å². The van der Waals surface area contributed by atoms with Crippen molar-refractivity contribution in [1.29, 1.82) is 0 Å². The van der Waals surface area contributed by atoms with Crippen molar-refractivity contribution in [3.05, 3.63) is 50.4 Å². The van der Waals surface area contributed by atoms with Gasteiger partial charge in [-0.05, 0) is 31.5 Å². The molecule has 2 aromatic rings. The minimum absolute atomic E-state index is 0.374. The van der Waals surface area contributed by atoms with E-state index in [0.29, 0.717) is 6.04 Å². The van der Waals surface area contributed by atoms with Crippen molar-refractivity contribution < 1.29 is 0 Å². The maximum Gasteiger partial charge on any atom is 0.0900 e. The largest absolute Gasteiger partial charge is 0.314 e. The van der Waals surface area contributed by atoms with E-state index in [9.17, 15) is 0 Å². The smallest absolute Gasteiger partial charge is 0.0900 e. The van der Waals surface area contributed by atoms with Crippen molar-refractivity contribution in [3.63, 3.8) is 0 Å². The van der Waals surface area contributed by atoms with E-state index in [1.807, 2.05) is 23.5 Å². The summed E-state index contributed by atoms with van der Waals surface area (Å²) in [6.07, 6.45) is 0. The lowest BCUT2D eigenvalue weighted by Crippen LogP contribution is -2.45. The van der Waals surface area contributed by atoms with Crippen LogP contribution in [-0.4, -0.2) is 29.5 Å². The molecule has 1 fully saturated rings. The van der Waals surface area contributed by atoms with E-state index >= 15 is 0 Å². The normalized spacial score (nSPS) is 19.9. The molecule has 3 rings (SSSR count). The molecular weight excluding hydrogens is 302 g/mol. The number of hydrogen-bond donors (Lipinski definition) is 1. The van der Waals surface area contributed by atoms with Crippen LogP contribution in [0.25, 0.3) is 0 Å². The molecule has 0 amide bonds. The lowest BCUT2D eigenvalue weighted by molar-refractivity contribution is 0.155. The zero-order valence-electron chi connectivity index (χ0n) is 12.4. The van der Waals surface area contributed by atoms with E-state index in [1.54, 1.807) is 0 Å². The minimum atomic E-state index is 0.374. The quantitative estimate of drug-likeness (QED) is 0.937. The van der Waals surface area contributed by atoms with Crippen molar-refractivity contribution in [3.8, 4) is 0 Å². The van der Waals surface area contributed by atoms with Gasteiger partial charge in [-0.1, -0.05) is 23.7 Å². The highest BCUT2D eigenvalue weighted by atomic mass is 35.5. The third-order valence-corrected chi connectivity index (χ3v) is 5.23. The Hall–Kier alpha value is -0.940. The lowest BCUT2D eigenvalue weighted by atomic mass is 10.0. The van der Waals surface area contributed by atoms with Crippen LogP contribution in [0.4, 0.5) is 0 Å². The van der Waals surface area contributed by atoms with Gasteiger partial charge in [-0.3, -0.25) is 4.90 Å². The summed E-state index contributed by atoms with van der Waals surface area (Å²) in [5.74, 6) is 0. The molecule has 3 nitrogen and oxygen atoms in total. The Labute approximate surface area is 135 Å². The Balaban J connectivity index is 1.83. The van der Waals surface area contributed by atoms with Crippen molar-refractivity contribution >= 4 is 22.9 Å². The maximum atomic E-state index is 6.15. The number of aryl methyl sites for hydroxylation is 2. The first-order chi connectivity index (χ1) is 10.1. The van der Waals surface area contributed by atoms with Gasteiger partial charge in [0.05, 0.1) is 10.7 Å². The monoisotopic (exact) mass is 321 g/mol. The first-order valence-electron chi connectivity index (χ1n) is 7.26. The molecule has 21 heavy (non-hydrogen) atoms. The molecule has 1 atom stereocenters. The number of nitrogens with zero attached hydrogens (tertiary/aromatic N) is 2. The van der Waals surface area contributed by atoms with Crippen LogP contribution >= 0.6 is 22.9 Å². The van der Waals surface area contributed by atoms with Gasteiger partial charge in [-0.15, -0.1) is 11.3 Å². The highest BCUT2D eigenvalue weighted by molar-refractivity contribution is 7.11. The Morgan fingerprint density at radius 3 is 3.00 bits per heavy atom. The highest BCUT2D eigenvalue weighted by Gasteiger charge is 2.25. The lowest BCUT2D eigenvalue weighted by Gasteiger charge is -2.36. The Kier molecular flexibility index (Phi) is 4.60. The molecule has 1 N–H and O–H groups in total. The molecule has 0 bridgehead atoms. The summed E-state index contributed by atoms with van der Waals surface area (Å²) in [5.41, 5.74) is 2.45. The van der Waals surface area contributed by atoms with Gasteiger partial charge in [0.1, 0.15) is 0 Å². The van der Waals surface area contributed by atoms with Crippen molar-refractivity contribution in [1.82, 2.24) is 15.2 Å². The molecule has 1 aromatic carbocycles. The second-order valence-electron chi connectivity index (χ2n) is 5.49. The van der Waals surface area contributed by atoms with Gasteiger partial charge in [0.25, 0.3) is 0 Å². The SMILES string of the molecule is Cc1nc(C)c(CN2CCNCC2c2cccc(Cl)c2)s1. The Morgan fingerprint density at radius 1 is 1.43 bits per heavy atom. The molecular formula is C16H20ClN3S. The van der Waals surface area contributed by atoms with Crippen LogP contribution in [0.3, 0.4) is 0 Å². The Morgan fingerprint density at radius 2 is 2.29 bits per heavy atom. The number of halogens is 1. The molecule has 2 heterocycles. The Bertz CT molecular complexity index is 626. The third kappa shape index (κ3) is 3.46. The number of piperazine rings is 1. The predicted octanol–water partition coefficient (Wildman–Crippen LogP) is 3.56. The van der Waals surface area contributed by atoms with Crippen LogP contribution in [0.1, 0.15) is 27.2 Å². The van der Waals surface area contributed by atoms with E-state index in [4.69, 9.17) is 11.6 Å². The molecule has 0 spiro atoms. The summed E-state index contributed by atoms with van der Waals surface area (Å²) < 4.78 is 0. The second-order valence-corrected chi connectivity index (χ2v) is 7.21. The molecule has 0 aliphatic carbocycles. The molecule has 5 heteroatoms. The number of benzene rings is 1. The van der Waals surface area contributed by atoms with E-state index in [1.165, 1.54) is 16.1 Å². The highest BCUT2D eigenvalue weighted by Crippen LogP contribution is 2.28. The summed E-state index contributed by atoms with van der Waals surface area (Å²) >= 11 is 7.96. The van der Waals surface area contributed by atoms with Crippen LogP contribution in [0.15, 0.2) is 24.3 Å². The fourth-order valence-corrected chi connectivity index (χ4v) is 4.04. The summed E-state index contributed by atoms with van der Waals surface area (Å²) in [5, 5.41) is 5.45. The van der Waals surface area contributed by atoms with Crippen LogP contribution in [0, 0.1) is 13.8 Å². The van der Waals surface area contributed by atoms with Crippen molar-refractivity contribution in [2.75, 3.05) is 19.6 Å². The average Bonchev–Trinajstić information content (AvgIpc) is 2.77. The van der Waals surface area contributed by atoms with Gasteiger partial charge >= 0.3 is 0 Å². The molecule has 0 radical (unpaired) electrons. The molecule has 1 aliphatic rings. The van der Waals surface area contributed by atoms with Gasteiger partial charge < -0.3 is 5.32 Å². The first-order valence-corrected chi connectivity index (χ1v) is 8.46. The number of rotatable bonds is 3. The fraction of sp³-hybridized carbons (Fsp3) is 0.438. The van der Waals surface area contributed by atoms with E-state index in [2.05, 4.69) is 41.2 Å². The van der Waals surface area contributed by atoms with Crippen molar-refractivity contribution in [2.45, 2.75) is 26.4 Å². The topological polar surface area (TPSA) is 28.2 Å². The number of thiazole rings is 1. The molecule has 1 saturated heterocycles. The number of nitrogens with one attached hydrogen (secondary N) is 1. The van der Waals surface area contributed by atoms with Crippen LogP contribution in [0.2, 0.25) is 5.02 Å². The molecule has 0 saturated carbocycles. The maximum absolute atomic E-state index is 6.15. The van der Waals surface area contributed by atoms with Crippen molar-refractivity contribution in [2.24, 2.45) is 0 Å². The predicted molar refractivity (Wildman–Crippen MR) is 89.1 cm³/mol. The second kappa shape index (κ2) is 6.44. The number of hydrogen-bond acceptors (Lipinski definition) is 4. The molecule has 1 aromatic heterocycles. The van der Waals surface area contributed by atoms with E-state index in [-0.39, 0.29) is 0 Å². The average molecular weight is 322 g/mol. The van der Waals surface area contributed by atoms with Gasteiger partial charge in [0, 0.05) is 42.1 Å². The van der Waals surface area contributed by atoms with Gasteiger partial charge in [0.15, 0.2) is 0 Å². The third-order valence-electron chi connectivity index (χ3n) is 3.93. The van der Waals surface area contributed by atoms with Crippen LogP contribution in [-0.2, 0) is 6.54 Å². The summed E-state index contributed by atoms with van der Waals surface area (Å²) in [6, 6.07) is 8.59. The van der Waals surface area contributed by atoms with E-state index in [0.717, 1.165) is 36.2 Å². The van der Waals surface area contributed by atoms with Gasteiger partial charge in [-0.25, -0.2) is 4.98 Å². The van der Waals surface area contributed by atoms with Gasteiger partial charge in [-0.2, -0.15) is 0 Å². The minimum Gasteiger partial charge on any atom is -0.314 e. The summed E-state index contributed by atoms with van der Waals surface area (Å²) in [7, 11) is 0. The zero-order valence-corrected chi connectivity index (χ0v) is 14.0. The molecule has 112 valence electrons. The fourth-order valence-electron chi connectivity index (χ4n) is 2.88. The summed E-state index contributed by atoms with van der Waals surface area (Å²) in [4.78, 5) is 8.45. The molecule has 1 unspecified atom stereocenters. The first kappa shape index (κ1) is 15.0. The van der Waals surface area contributed by atoms with E-state index < -0.39 is 0 Å². The molecule has 1 aliphatic heterocycles. The zero-order chi connectivity index (χ0) is 14.8. The number of aromatic nitrogens is 1. The van der Waals surface area contributed by atoms with Crippen LogP contribution < -0.4 is 5.32 Å².